The highest BCUT2D eigenvalue weighted by atomic mass is 35.5. The maximum atomic E-state index is 8.93. The van der Waals surface area contributed by atoms with Crippen LogP contribution in [0.25, 0.3) is 0 Å². The van der Waals surface area contributed by atoms with Crippen molar-refractivity contribution in [1.82, 2.24) is 0 Å². The first-order valence-electron chi connectivity index (χ1n) is 5.01. The third kappa shape index (κ3) is 2.56. The Labute approximate surface area is 104 Å². The maximum absolute atomic E-state index is 8.93. The molecular formula is C11H13ClO3S. The fourth-order valence-corrected chi connectivity index (χ4v) is 2.43. The first-order valence-corrected chi connectivity index (χ1v) is 6.44. The minimum absolute atomic E-state index is 0.183. The summed E-state index contributed by atoms with van der Waals surface area (Å²) in [4.78, 5) is 0. The summed E-state index contributed by atoms with van der Waals surface area (Å²) in [5.74, 6) is 2.14. The van der Waals surface area contributed by atoms with Crippen LogP contribution in [0.2, 0.25) is 5.02 Å². The van der Waals surface area contributed by atoms with Crippen LogP contribution in [0.4, 0.5) is 0 Å². The van der Waals surface area contributed by atoms with Gasteiger partial charge in [-0.15, -0.1) is 0 Å². The van der Waals surface area contributed by atoms with E-state index in [-0.39, 0.29) is 18.6 Å². The molecule has 0 amide bonds. The van der Waals surface area contributed by atoms with Gasteiger partial charge in [0, 0.05) is 11.0 Å². The molecule has 1 aliphatic rings. The molecule has 1 N–H and O–H groups in total. The maximum Gasteiger partial charge on any atom is 0.231 e. The molecule has 2 rings (SSSR count). The monoisotopic (exact) mass is 260 g/mol. The van der Waals surface area contributed by atoms with Crippen LogP contribution >= 0.6 is 23.4 Å². The quantitative estimate of drug-likeness (QED) is 0.903. The normalized spacial score (nSPS) is 15.2. The molecule has 16 heavy (non-hydrogen) atoms. The summed E-state index contributed by atoms with van der Waals surface area (Å²) < 4.78 is 10.5. The largest absolute Gasteiger partial charge is 0.454 e. The van der Waals surface area contributed by atoms with Gasteiger partial charge in [-0.1, -0.05) is 18.5 Å². The zero-order valence-electron chi connectivity index (χ0n) is 8.90. The average molecular weight is 261 g/mol. The van der Waals surface area contributed by atoms with Crippen molar-refractivity contribution < 1.29 is 14.6 Å². The fraction of sp³-hybridized carbons (Fsp3) is 0.455. The minimum Gasteiger partial charge on any atom is -0.454 e. The standard InChI is InChI=1S/C11H13ClO3S/c1-7(4-13)16-5-8-2-9(12)11-10(3-8)14-6-15-11/h2-3,7,13H,4-6H2,1H3. The first-order chi connectivity index (χ1) is 7.70. The predicted octanol–water partition coefficient (Wildman–Crippen LogP) is 2.68. The molecule has 0 radical (unpaired) electrons. The van der Waals surface area contributed by atoms with E-state index >= 15 is 0 Å². The fourth-order valence-electron chi connectivity index (χ4n) is 1.40. The van der Waals surface area contributed by atoms with Crippen LogP contribution in [0, 0.1) is 0 Å². The van der Waals surface area contributed by atoms with Crippen molar-refractivity contribution in [2.45, 2.75) is 17.9 Å². The Bertz CT molecular complexity index is 384. The zero-order valence-corrected chi connectivity index (χ0v) is 10.5. The van der Waals surface area contributed by atoms with Gasteiger partial charge in [-0.25, -0.2) is 0 Å². The van der Waals surface area contributed by atoms with Crippen molar-refractivity contribution in [2.75, 3.05) is 13.4 Å². The lowest BCUT2D eigenvalue weighted by Crippen LogP contribution is -2.02. The van der Waals surface area contributed by atoms with Gasteiger partial charge in [-0.05, 0) is 17.7 Å². The van der Waals surface area contributed by atoms with Crippen molar-refractivity contribution in [2.24, 2.45) is 0 Å². The van der Waals surface area contributed by atoms with E-state index < -0.39 is 0 Å². The number of thioether (sulfide) groups is 1. The Balaban J connectivity index is 2.08. The van der Waals surface area contributed by atoms with Gasteiger partial charge in [0.25, 0.3) is 0 Å². The third-order valence-electron chi connectivity index (χ3n) is 2.28. The third-order valence-corrected chi connectivity index (χ3v) is 3.78. The topological polar surface area (TPSA) is 38.7 Å². The summed E-state index contributed by atoms with van der Waals surface area (Å²) in [5.41, 5.74) is 1.08. The second kappa shape index (κ2) is 5.17. The van der Waals surface area contributed by atoms with Crippen LogP contribution in [0.5, 0.6) is 11.5 Å². The van der Waals surface area contributed by atoms with Crippen LogP contribution in [-0.4, -0.2) is 23.8 Å². The Morgan fingerprint density at radius 3 is 3.06 bits per heavy atom. The second-order valence-corrected chi connectivity index (χ2v) is 5.45. The van der Waals surface area contributed by atoms with E-state index in [0.29, 0.717) is 16.5 Å². The number of rotatable bonds is 4. The molecule has 1 aromatic rings. The minimum atomic E-state index is 0.183. The molecular weight excluding hydrogens is 248 g/mol. The van der Waals surface area contributed by atoms with Crippen molar-refractivity contribution in [1.29, 1.82) is 0 Å². The molecule has 0 bridgehead atoms. The van der Waals surface area contributed by atoms with E-state index in [4.69, 9.17) is 26.2 Å². The van der Waals surface area contributed by atoms with Crippen LogP contribution in [-0.2, 0) is 5.75 Å². The molecule has 5 heteroatoms. The molecule has 3 nitrogen and oxygen atoms in total. The van der Waals surface area contributed by atoms with Gasteiger partial charge < -0.3 is 14.6 Å². The molecule has 1 heterocycles. The highest BCUT2D eigenvalue weighted by Gasteiger charge is 2.18. The SMILES string of the molecule is CC(CO)SCc1cc(Cl)c2c(c1)OCO2. The van der Waals surface area contributed by atoms with Crippen molar-refractivity contribution in [3.63, 3.8) is 0 Å². The Hall–Kier alpha value is -0.580. The van der Waals surface area contributed by atoms with Gasteiger partial charge >= 0.3 is 0 Å². The number of hydrogen-bond donors (Lipinski definition) is 1. The van der Waals surface area contributed by atoms with E-state index in [2.05, 4.69) is 0 Å². The first kappa shape index (κ1) is 11.9. The number of halogens is 1. The van der Waals surface area contributed by atoms with E-state index in [0.717, 1.165) is 11.3 Å². The highest BCUT2D eigenvalue weighted by molar-refractivity contribution is 7.99. The van der Waals surface area contributed by atoms with Crippen molar-refractivity contribution >= 4 is 23.4 Å². The van der Waals surface area contributed by atoms with E-state index in [1.807, 2.05) is 19.1 Å². The summed E-state index contributed by atoms with van der Waals surface area (Å²) in [7, 11) is 0. The van der Waals surface area contributed by atoms with Gasteiger partial charge in [-0.3, -0.25) is 0 Å². The van der Waals surface area contributed by atoms with Crippen molar-refractivity contribution in [3.8, 4) is 11.5 Å². The lowest BCUT2D eigenvalue weighted by atomic mass is 10.2. The number of hydrogen-bond acceptors (Lipinski definition) is 4. The molecule has 0 aliphatic carbocycles. The Morgan fingerprint density at radius 1 is 1.50 bits per heavy atom. The number of ether oxygens (including phenoxy) is 2. The van der Waals surface area contributed by atoms with Gasteiger partial charge in [0.05, 0.1) is 11.6 Å². The van der Waals surface area contributed by atoms with Gasteiger partial charge in [0.2, 0.25) is 6.79 Å². The molecule has 1 atom stereocenters. The summed E-state index contributed by atoms with van der Waals surface area (Å²) in [6, 6.07) is 3.82. The molecule has 1 aliphatic heterocycles. The van der Waals surface area contributed by atoms with E-state index in [9.17, 15) is 0 Å². The highest BCUT2D eigenvalue weighted by Crippen LogP contribution is 2.40. The van der Waals surface area contributed by atoms with E-state index in [1.165, 1.54) is 0 Å². The van der Waals surface area contributed by atoms with E-state index in [1.54, 1.807) is 11.8 Å². The number of fused-ring (bicyclic) bond motifs is 1. The molecule has 0 saturated carbocycles. The lowest BCUT2D eigenvalue weighted by molar-refractivity contribution is 0.174. The molecule has 1 unspecified atom stereocenters. The molecule has 88 valence electrons. The smallest absolute Gasteiger partial charge is 0.231 e. The average Bonchev–Trinajstić information content (AvgIpc) is 2.74. The second-order valence-electron chi connectivity index (χ2n) is 3.62. The molecule has 1 aromatic carbocycles. The zero-order chi connectivity index (χ0) is 11.5. The summed E-state index contributed by atoms with van der Waals surface area (Å²) in [5, 5.41) is 9.74. The summed E-state index contributed by atoms with van der Waals surface area (Å²) >= 11 is 7.74. The Morgan fingerprint density at radius 2 is 2.31 bits per heavy atom. The van der Waals surface area contributed by atoms with Gasteiger partial charge in [0.1, 0.15) is 0 Å². The van der Waals surface area contributed by atoms with Crippen LogP contribution in [0.1, 0.15) is 12.5 Å². The lowest BCUT2D eigenvalue weighted by Gasteiger charge is -2.08. The van der Waals surface area contributed by atoms with Gasteiger partial charge in [-0.2, -0.15) is 11.8 Å². The molecule has 0 saturated heterocycles. The van der Waals surface area contributed by atoms with Crippen LogP contribution in [0.15, 0.2) is 12.1 Å². The van der Waals surface area contributed by atoms with Gasteiger partial charge in [0.15, 0.2) is 11.5 Å². The summed E-state index contributed by atoms with van der Waals surface area (Å²) in [6.07, 6.45) is 0. The van der Waals surface area contributed by atoms with Crippen LogP contribution < -0.4 is 9.47 Å². The molecule has 0 fully saturated rings. The predicted molar refractivity (Wildman–Crippen MR) is 65.4 cm³/mol. The summed E-state index contributed by atoms with van der Waals surface area (Å²) in [6.45, 7) is 2.40. The van der Waals surface area contributed by atoms with Crippen LogP contribution in [0.3, 0.4) is 0 Å². The van der Waals surface area contributed by atoms with Crippen molar-refractivity contribution in [3.05, 3.63) is 22.7 Å². The number of aliphatic hydroxyl groups excluding tert-OH is 1. The molecule has 0 aromatic heterocycles. The number of benzene rings is 1. The molecule has 0 spiro atoms. The number of aliphatic hydroxyl groups is 1. The Kier molecular flexibility index (Phi) is 3.84.